The van der Waals surface area contributed by atoms with Crippen molar-refractivity contribution in [3.05, 3.63) is 36.2 Å². The van der Waals surface area contributed by atoms with Gasteiger partial charge in [0.05, 0.1) is 28.5 Å². The minimum absolute atomic E-state index is 0.140. The highest BCUT2D eigenvalue weighted by atomic mass is 32.2. The number of sulfonamides is 1. The highest BCUT2D eigenvalue weighted by molar-refractivity contribution is 7.89. The van der Waals surface area contributed by atoms with E-state index >= 15 is 0 Å². The molecule has 20 heavy (non-hydrogen) atoms. The summed E-state index contributed by atoms with van der Waals surface area (Å²) in [5.74, 6) is 0. The van der Waals surface area contributed by atoms with Crippen molar-refractivity contribution in [1.82, 2.24) is 14.5 Å². The molecule has 0 aliphatic carbocycles. The lowest BCUT2D eigenvalue weighted by molar-refractivity contribution is 0.588. The van der Waals surface area contributed by atoms with Gasteiger partial charge in [-0.05, 0) is 31.3 Å². The van der Waals surface area contributed by atoms with Gasteiger partial charge in [-0.3, -0.25) is 4.68 Å². The summed E-state index contributed by atoms with van der Waals surface area (Å²) in [6, 6.07) is 6.46. The minimum atomic E-state index is -3.47. The number of aryl methyl sites for hydroxylation is 1. The van der Waals surface area contributed by atoms with Crippen molar-refractivity contribution in [2.24, 2.45) is 7.05 Å². The highest BCUT2D eigenvalue weighted by Gasteiger charge is 2.12. The van der Waals surface area contributed by atoms with Crippen LogP contribution in [0.3, 0.4) is 0 Å². The van der Waals surface area contributed by atoms with E-state index in [1.54, 1.807) is 10.7 Å². The smallest absolute Gasteiger partial charge is 0.240 e. The zero-order valence-electron chi connectivity index (χ0n) is 11.3. The summed E-state index contributed by atoms with van der Waals surface area (Å²) in [4.78, 5) is 0.140. The molecular weight excluding hydrogens is 278 g/mol. The van der Waals surface area contributed by atoms with Crippen molar-refractivity contribution in [3.8, 4) is 0 Å². The van der Waals surface area contributed by atoms with Gasteiger partial charge in [0.2, 0.25) is 10.0 Å². The van der Waals surface area contributed by atoms with Crippen molar-refractivity contribution in [2.45, 2.75) is 11.4 Å². The van der Waals surface area contributed by atoms with Crippen LogP contribution in [0.15, 0.2) is 35.4 Å². The first kappa shape index (κ1) is 14.4. The predicted molar refractivity (Wildman–Crippen MR) is 77.6 cm³/mol. The van der Waals surface area contributed by atoms with Crippen molar-refractivity contribution in [1.29, 1.82) is 0 Å². The van der Waals surface area contributed by atoms with E-state index in [4.69, 9.17) is 5.73 Å². The number of nitrogens with two attached hydrogens (primary N) is 1. The second-order valence-corrected chi connectivity index (χ2v) is 6.18. The molecule has 1 aromatic heterocycles. The van der Waals surface area contributed by atoms with Crippen LogP contribution in [0.4, 0.5) is 11.4 Å². The van der Waals surface area contributed by atoms with Crippen LogP contribution in [0.25, 0.3) is 0 Å². The molecule has 0 amide bonds. The van der Waals surface area contributed by atoms with Gasteiger partial charge in [-0.25, -0.2) is 13.1 Å². The number of anilines is 2. The SMILES string of the molecule is CNS(=O)(=O)c1ccc(NCc2ccn(C)n2)c(N)c1. The Morgan fingerprint density at radius 3 is 2.65 bits per heavy atom. The molecule has 2 rings (SSSR count). The van der Waals surface area contributed by atoms with E-state index in [-0.39, 0.29) is 4.90 Å². The third-order valence-electron chi connectivity index (χ3n) is 2.83. The Morgan fingerprint density at radius 1 is 1.35 bits per heavy atom. The third-order valence-corrected chi connectivity index (χ3v) is 4.24. The van der Waals surface area contributed by atoms with Gasteiger partial charge >= 0.3 is 0 Å². The molecule has 0 saturated carbocycles. The van der Waals surface area contributed by atoms with Gasteiger partial charge in [-0.1, -0.05) is 0 Å². The zero-order valence-corrected chi connectivity index (χ0v) is 12.1. The first-order chi connectivity index (χ1) is 9.42. The second kappa shape index (κ2) is 5.51. The van der Waals surface area contributed by atoms with Crippen LogP contribution < -0.4 is 15.8 Å². The van der Waals surface area contributed by atoms with E-state index in [9.17, 15) is 8.42 Å². The molecule has 0 aliphatic heterocycles. The molecule has 8 heteroatoms. The lowest BCUT2D eigenvalue weighted by Gasteiger charge is -2.10. The van der Waals surface area contributed by atoms with Crippen molar-refractivity contribution < 1.29 is 8.42 Å². The quantitative estimate of drug-likeness (QED) is 0.698. The van der Waals surface area contributed by atoms with E-state index in [0.29, 0.717) is 17.9 Å². The molecule has 108 valence electrons. The fourth-order valence-electron chi connectivity index (χ4n) is 1.73. The van der Waals surface area contributed by atoms with Crippen LogP contribution in [-0.2, 0) is 23.6 Å². The fourth-order valence-corrected chi connectivity index (χ4v) is 2.50. The molecule has 2 aromatic rings. The average molecular weight is 295 g/mol. The average Bonchev–Trinajstić information content (AvgIpc) is 2.83. The number of nitrogens with zero attached hydrogens (tertiary/aromatic N) is 2. The molecule has 0 fully saturated rings. The lowest BCUT2D eigenvalue weighted by Crippen LogP contribution is -2.18. The Labute approximate surface area is 117 Å². The monoisotopic (exact) mass is 295 g/mol. The third kappa shape index (κ3) is 3.09. The lowest BCUT2D eigenvalue weighted by atomic mass is 10.2. The summed E-state index contributed by atoms with van der Waals surface area (Å²) >= 11 is 0. The van der Waals surface area contributed by atoms with Gasteiger partial charge < -0.3 is 11.1 Å². The maximum Gasteiger partial charge on any atom is 0.240 e. The Kier molecular flexibility index (Phi) is 3.96. The number of aromatic nitrogens is 2. The maximum absolute atomic E-state index is 11.6. The summed E-state index contributed by atoms with van der Waals surface area (Å²) in [5, 5.41) is 7.36. The maximum atomic E-state index is 11.6. The molecule has 0 atom stereocenters. The Balaban J connectivity index is 2.14. The van der Waals surface area contributed by atoms with Gasteiger partial charge in [-0.2, -0.15) is 5.10 Å². The van der Waals surface area contributed by atoms with Crippen LogP contribution in [-0.4, -0.2) is 25.2 Å². The Hall–Kier alpha value is -2.06. The number of benzene rings is 1. The standard InChI is InChI=1S/C12H17N5O2S/c1-14-20(18,19)10-3-4-12(11(13)7-10)15-8-9-5-6-17(2)16-9/h3-7,14-15H,8,13H2,1-2H3. The van der Waals surface area contributed by atoms with Crippen LogP contribution in [0, 0.1) is 0 Å². The molecule has 0 aliphatic rings. The molecule has 0 bridgehead atoms. The normalized spacial score (nSPS) is 11.5. The molecule has 7 nitrogen and oxygen atoms in total. The van der Waals surface area contributed by atoms with Crippen molar-refractivity contribution in [2.75, 3.05) is 18.1 Å². The largest absolute Gasteiger partial charge is 0.397 e. The van der Waals surface area contributed by atoms with E-state index in [2.05, 4.69) is 15.1 Å². The fraction of sp³-hybridized carbons (Fsp3) is 0.250. The molecule has 0 spiro atoms. The molecular formula is C12H17N5O2S. The van der Waals surface area contributed by atoms with Crippen LogP contribution in [0.2, 0.25) is 0 Å². The first-order valence-electron chi connectivity index (χ1n) is 5.98. The topological polar surface area (TPSA) is 102 Å². The molecule has 1 aromatic carbocycles. The number of nitrogens with one attached hydrogen (secondary N) is 2. The minimum Gasteiger partial charge on any atom is -0.397 e. The highest BCUT2D eigenvalue weighted by Crippen LogP contribution is 2.22. The zero-order chi connectivity index (χ0) is 14.8. The van der Waals surface area contributed by atoms with Gasteiger partial charge in [0, 0.05) is 13.2 Å². The summed E-state index contributed by atoms with van der Waals surface area (Å²) in [7, 11) is -0.272. The molecule has 0 unspecified atom stereocenters. The summed E-state index contributed by atoms with van der Waals surface area (Å²) in [6.45, 7) is 0.517. The van der Waals surface area contributed by atoms with Gasteiger partial charge in [-0.15, -0.1) is 0 Å². The molecule has 1 heterocycles. The van der Waals surface area contributed by atoms with Crippen LogP contribution in [0.1, 0.15) is 5.69 Å². The van der Waals surface area contributed by atoms with Crippen LogP contribution in [0.5, 0.6) is 0 Å². The number of rotatable bonds is 5. The van der Waals surface area contributed by atoms with E-state index in [0.717, 1.165) is 5.69 Å². The predicted octanol–water partition coefficient (Wildman–Crippen LogP) is 0.522. The Bertz CT molecular complexity index is 708. The van der Waals surface area contributed by atoms with Gasteiger partial charge in [0.25, 0.3) is 0 Å². The molecule has 4 N–H and O–H groups in total. The van der Waals surface area contributed by atoms with Crippen molar-refractivity contribution >= 4 is 21.4 Å². The van der Waals surface area contributed by atoms with Crippen LogP contribution >= 0.6 is 0 Å². The summed E-state index contributed by atoms with van der Waals surface area (Å²) in [5.41, 5.74) is 7.78. The Morgan fingerprint density at radius 2 is 2.10 bits per heavy atom. The number of hydrogen-bond donors (Lipinski definition) is 3. The number of hydrogen-bond acceptors (Lipinski definition) is 5. The van der Waals surface area contributed by atoms with E-state index < -0.39 is 10.0 Å². The van der Waals surface area contributed by atoms with Gasteiger partial charge in [0.15, 0.2) is 0 Å². The number of nitrogen functional groups attached to an aromatic ring is 1. The van der Waals surface area contributed by atoms with E-state index in [1.807, 2.05) is 19.3 Å². The second-order valence-electron chi connectivity index (χ2n) is 4.29. The van der Waals surface area contributed by atoms with Gasteiger partial charge in [0.1, 0.15) is 0 Å². The first-order valence-corrected chi connectivity index (χ1v) is 7.46. The van der Waals surface area contributed by atoms with E-state index in [1.165, 1.54) is 19.2 Å². The summed E-state index contributed by atoms with van der Waals surface area (Å²) < 4.78 is 27.3. The summed E-state index contributed by atoms with van der Waals surface area (Å²) in [6.07, 6.45) is 1.85. The van der Waals surface area contributed by atoms with Crippen molar-refractivity contribution in [3.63, 3.8) is 0 Å². The molecule has 0 radical (unpaired) electrons. The molecule has 0 saturated heterocycles.